The van der Waals surface area contributed by atoms with Gasteiger partial charge in [0, 0.05) is 12.8 Å². The molecule has 0 aliphatic rings. The molecule has 0 aromatic carbocycles. The maximum Gasteiger partial charge on any atom is 0.341 e. The molecule has 2 heterocycles. The normalized spacial score (nSPS) is 10.8. The highest BCUT2D eigenvalue weighted by atomic mass is 32.2. The molecule has 2 rings (SSSR count). The van der Waals surface area contributed by atoms with Crippen molar-refractivity contribution in [1.82, 2.24) is 14.8 Å². The van der Waals surface area contributed by atoms with Crippen LogP contribution in [-0.2, 0) is 17.5 Å². The monoisotopic (exact) mass is 295 g/mol. The third kappa shape index (κ3) is 3.04. The zero-order valence-electron chi connectivity index (χ0n) is 12.0. The molecule has 108 valence electrons. The van der Waals surface area contributed by atoms with Crippen molar-refractivity contribution in [1.29, 1.82) is 0 Å². The van der Waals surface area contributed by atoms with Gasteiger partial charge in [-0.2, -0.15) is 5.10 Å². The SMILES string of the molecule is CCOC(=O)c1cnn(C)c1CSc1nc(C)c(C)o1. The zero-order valence-corrected chi connectivity index (χ0v) is 12.8. The number of oxazole rings is 1. The van der Waals surface area contributed by atoms with E-state index in [4.69, 9.17) is 9.15 Å². The topological polar surface area (TPSA) is 70.2 Å². The number of aromatic nitrogens is 3. The summed E-state index contributed by atoms with van der Waals surface area (Å²) in [5.41, 5.74) is 2.16. The molecule has 0 bridgehead atoms. The molecule has 6 nitrogen and oxygen atoms in total. The Bertz CT molecular complexity index is 599. The van der Waals surface area contributed by atoms with Gasteiger partial charge in [0.2, 0.25) is 0 Å². The van der Waals surface area contributed by atoms with Crippen molar-refractivity contribution in [2.24, 2.45) is 7.05 Å². The van der Waals surface area contributed by atoms with E-state index in [0.717, 1.165) is 17.1 Å². The molecule has 2 aromatic rings. The lowest BCUT2D eigenvalue weighted by Gasteiger charge is -2.04. The number of nitrogens with zero attached hydrogens (tertiary/aromatic N) is 3. The van der Waals surface area contributed by atoms with Crippen molar-refractivity contribution in [3.8, 4) is 0 Å². The summed E-state index contributed by atoms with van der Waals surface area (Å²) < 4.78 is 12.2. The fraction of sp³-hybridized carbons (Fsp3) is 0.462. The average molecular weight is 295 g/mol. The lowest BCUT2D eigenvalue weighted by molar-refractivity contribution is 0.0525. The van der Waals surface area contributed by atoms with Crippen LogP contribution in [0, 0.1) is 13.8 Å². The Balaban J connectivity index is 2.12. The van der Waals surface area contributed by atoms with Crippen LogP contribution < -0.4 is 0 Å². The number of hydrogen-bond donors (Lipinski definition) is 0. The molecular weight excluding hydrogens is 278 g/mol. The highest BCUT2D eigenvalue weighted by Crippen LogP contribution is 2.25. The standard InChI is InChI=1S/C13H17N3O3S/c1-5-18-12(17)10-6-14-16(4)11(10)7-20-13-15-8(2)9(3)19-13/h6H,5,7H2,1-4H3. The van der Waals surface area contributed by atoms with Crippen LogP contribution in [0.3, 0.4) is 0 Å². The highest BCUT2D eigenvalue weighted by molar-refractivity contribution is 7.98. The van der Waals surface area contributed by atoms with E-state index < -0.39 is 0 Å². The second-order valence-electron chi connectivity index (χ2n) is 4.26. The second kappa shape index (κ2) is 6.13. The van der Waals surface area contributed by atoms with Gasteiger partial charge in [-0.05, 0) is 20.8 Å². The summed E-state index contributed by atoms with van der Waals surface area (Å²) in [6.07, 6.45) is 1.53. The maximum atomic E-state index is 11.8. The van der Waals surface area contributed by atoms with Gasteiger partial charge in [0.25, 0.3) is 5.22 Å². The van der Waals surface area contributed by atoms with E-state index in [0.29, 0.717) is 23.1 Å². The predicted octanol–water partition coefficient (Wildman–Crippen LogP) is 2.49. The first-order chi connectivity index (χ1) is 9.52. The van der Waals surface area contributed by atoms with Crippen molar-refractivity contribution in [3.05, 3.63) is 28.9 Å². The molecule has 20 heavy (non-hydrogen) atoms. The predicted molar refractivity (Wildman–Crippen MR) is 74.7 cm³/mol. The van der Waals surface area contributed by atoms with E-state index in [-0.39, 0.29) is 5.97 Å². The first-order valence-corrected chi connectivity index (χ1v) is 7.26. The molecular formula is C13H17N3O3S. The molecule has 0 saturated carbocycles. The first kappa shape index (κ1) is 14.6. The zero-order chi connectivity index (χ0) is 14.7. The molecule has 0 saturated heterocycles. The van der Waals surface area contributed by atoms with E-state index >= 15 is 0 Å². The minimum Gasteiger partial charge on any atom is -0.462 e. The summed E-state index contributed by atoms with van der Waals surface area (Å²) in [6.45, 7) is 5.90. The highest BCUT2D eigenvalue weighted by Gasteiger charge is 2.18. The third-order valence-corrected chi connectivity index (χ3v) is 3.74. The quantitative estimate of drug-likeness (QED) is 0.623. The lowest BCUT2D eigenvalue weighted by atomic mass is 10.3. The van der Waals surface area contributed by atoms with Gasteiger partial charge in [-0.25, -0.2) is 9.78 Å². The smallest absolute Gasteiger partial charge is 0.341 e. The van der Waals surface area contributed by atoms with Crippen molar-refractivity contribution in [2.45, 2.75) is 31.7 Å². The van der Waals surface area contributed by atoms with E-state index in [1.54, 1.807) is 18.7 Å². The fourth-order valence-electron chi connectivity index (χ4n) is 1.65. The van der Waals surface area contributed by atoms with Gasteiger partial charge >= 0.3 is 5.97 Å². The summed E-state index contributed by atoms with van der Waals surface area (Å²) >= 11 is 1.43. The second-order valence-corrected chi connectivity index (χ2v) is 5.19. The van der Waals surface area contributed by atoms with E-state index in [9.17, 15) is 4.79 Å². The first-order valence-electron chi connectivity index (χ1n) is 6.27. The fourth-order valence-corrected chi connectivity index (χ4v) is 2.64. The Morgan fingerprint density at radius 3 is 2.85 bits per heavy atom. The molecule has 0 unspecified atom stereocenters. The third-order valence-electron chi connectivity index (χ3n) is 2.90. The Kier molecular flexibility index (Phi) is 4.49. The van der Waals surface area contributed by atoms with Crippen molar-refractivity contribution in [2.75, 3.05) is 6.61 Å². The number of esters is 1. The maximum absolute atomic E-state index is 11.8. The van der Waals surface area contributed by atoms with Crippen LogP contribution in [0.25, 0.3) is 0 Å². The van der Waals surface area contributed by atoms with Crippen LogP contribution in [-0.4, -0.2) is 27.3 Å². The Morgan fingerprint density at radius 1 is 1.50 bits per heavy atom. The minimum absolute atomic E-state index is 0.346. The number of carbonyl (C=O) groups excluding carboxylic acids is 1. The molecule has 0 spiro atoms. The minimum atomic E-state index is -0.351. The number of ether oxygens (including phenoxy) is 1. The van der Waals surface area contributed by atoms with Crippen LogP contribution in [0.5, 0.6) is 0 Å². The van der Waals surface area contributed by atoms with Gasteiger partial charge in [0.1, 0.15) is 11.3 Å². The molecule has 0 aliphatic heterocycles. The van der Waals surface area contributed by atoms with Crippen molar-refractivity contribution >= 4 is 17.7 Å². The summed E-state index contributed by atoms with van der Waals surface area (Å²) in [4.78, 5) is 16.1. The molecule has 0 atom stereocenters. The number of carbonyl (C=O) groups is 1. The van der Waals surface area contributed by atoms with E-state index in [1.807, 2.05) is 13.8 Å². The van der Waals surface area contributed by atoms with Crippen LogP contribution >= 0.6 is 11.8 Å². The van der Waals surface area contributed by atoms with E-state index in [2.05, 4.69) is 10.1 Å². The number of thioether (sulfide) groups is 1. The van der Waals surface area contributed by atoms with E-state index in [1.165, 1.54) is 18.0 Å². The molecule has 2 aromatic heterocycles. The summed E-state index contributed by atoms with van der Waals surface area (Å²) in [7, 11) is 1.80. The van der Waals surface area contributed by atoms with Crippen LogP contribution in [0.15, 0.2) is 15.8 Å². The van der Waals surface area contributed by atoms with Crippen molar-refractivity contribution in [3.63, 3.8) is 0 Å². The summed E-state index contributed by atoms with van der Waals surface area (Å²) in [6, 6.07) is 0. The van der Waals surface area contributed by atoms with Crippen LogP contribution in [0.2, 0.25) is 0 Å². The molecule has 0 aliphatic carbocycles. The van der Waals surface area contributed by atoms with Gasteiger partial charge < -0.3 is 9.15 Å². The van der Waals surface area contributed by atoms with Gasteiger partial charge in [-0.15, -0.1) is 0 Å². The summed E-state index contributed by atoms with van der Waals surface area (Å²) in [5.74, 6) is 1.00. The largest absolute Gasteiger partial charge is 0.462 e. The van der Waals surface area contributed by atoms with Crippen molar-refractivity contribution < 1.29 is 13.9 Å². The molecule has 0 fully saturated rings. The molecule has 0 N–H and O–H groups in total. The Morgan fingerprint density at radius 2 is 2.25 bits per heavy atom. The number of aryl methyl sites for hydroxylation is 3. The van der Waals surface area contributed by atoms with Crippen LogP contribution in [0.1, 0.15) is 34.4 Å². The van der Waals surface area contributed by atoms with Gasteiger partial charge in [0.15, 0.2) is 0 Å². The van der Waals surface area contributed by atoms with Gasteiger partial charge in [-0.1, -0.05) is 11.8 Å². The molecule has 7 heteroatoms. The van der Waals surface area contributed by atoms with Crippen LogP contribution in [0.4, 0.5) is 0 Å². The molecule has 0 radical (unpaired) electrons. The Labute approximate surface area is 121 Å². The van der Waals surface area contributed by atoms with Gasteiger partial charge in [0.05, 0.1) is 24.2 Å². The average Bonchev–Trinajstić information content (AvgIpc) is 2.91. The lowest BCUT2D eigenvalue weighted by Crippen LogP contribution is -2.08. The van der Waals surface area contributed by atoms with Gasteiger partial charge in [-0.3, -0.25) is 4.68 Å². The summed E-state index contributed by atoms with van der Waals surface area (Å²) in [5, 5.41) is 4.70. The number of rotatable bonds is 5. The number of hydrogen-bond acceptors (Lipinski definition) is 6. The molecule has 0 amide bonds. The Hall–Kier alpha value is -1.76.